The molecule has 0 saturated heterocycles. The van der Waals surface area contributed by atoms with Gasteiger partial charge in [-0.25, -0.2) is 4.98 Å². The van der Waals surface area contributed by atoms with Crippen molar-refractivity contribution in [3.63, 3.8) is 0 Å². The Balaban J connectivity index is 2.38. The van der Waals surface area contributed by atoms with Crippen LogP contribution >= 0.6 is 11.3 Å². The summed E-state index contributed by atoms with van der Waals surface area (Å²) in [7, 11) is 1.69. The van der Waals surface area contributed by atoms with Crippen molar-refractivity contribution >= 4 is 11.3 Å². The molecule has 0 aliphatic rings. The molecule has 2 rings (SSSR count). The van der Waals surface area contributed by atoms with Gasteiger partial charge in [0.2, 0.25) is 0 Å². The highest BCUT2D eigenvalue weighted by Crippen LogP contribution is 2.31. The quantitative estimate of drug-likeness (QED) is 0.922. The molecule has 96 valence electrons. The fraction of sp³-hybridized carbons (Fsp3) is 0.357. The van der Waals surface area contributed by atoms with Crippen LogP contribution in [0.3, 0.4) is 0 Å². The Morgan fingerprint density at radius 1 is 1.28 bits per heavy atom. The van der Waals surface area contributed by atoms with E-state index in [9.17, 15) is 0 Å². The number of thiazole rings is 1. The summed E-state index contributed by atoms with van der Waals surface area (Å²) in [6.07, 6.45) is 0.616. The number of nitrogens with zero attached hydrogens (tertiary/aromatic N) is 1. The molecule has 1 aromatic heterocycles. The first kappa shape index (κ1) is 13.1. The number of aryl methyl sites for hydroxylation is 2. The van der Waals surface area contributed by atoms with Crippen LogP contribution in [0.1, 0.15) is 16.8 Å². The zero-order chi connectivity index (χ0) is 13.1. The zero-order valence-corrected chi connectivity index (χ0v) is 11.7. The lowest BCUT2D eigenvalue weighted by atomic mass is 10.1. The molecule has 0 radical (unpaired) electrons. The Hall–Kier alpha value is -1.39. The average molecular weight is 263 g/mol. The van der Waals surface area contributed by atoms with E-state index in [1.54, 1.807) is 18.4 Å². The highest BCUT2D eigenvalue weighted by atomic mass is 32.1. The van der Waals surface area contributed by atoms with E-state index >= 15 is 0 Å². The van der Waals surface area contributed by atoms with Gasteiger partial charge in [-0.3, -0.25) is 0 Å². The Labute approximate surface area is 111 Å². The molecule has 0 atom stereocenters. The minimum Gasteiger partial charge on any atom is -0.496 e. The monoisotopic (exact) mass is 263 g/mol. The van der Waals surface area contributed by atoms with Gasteiger partial charge in [0.15, 0.2) is 0 Å². The number of benzene rings is 1. The Morgan fingerprint density at radius 2 is 1.94 bits per heavy atom. The van der Waals surface area contributed by atoms with Gasteiger partial charge >= 0.3 is 0 Å². The van der Waals surface area contributed by atoms with Gasteiger partial charge in [-0.15, -0.1) is 11.3 Å². The second kappa shape index (κ2) is 5.50. The zero-order valence-electron chi connectivity index (χ0n) is 10.9. The lowest BCUT2D eigenvalue weighted by Crippen LogP contribution is -1.93. The van der Waals surface area contributed by atoms with Crippen LogP contribution in [0.4, 0.5) is 0 Å². The molecule has 3 nitrogen and oxygen atoms in total. The largest absolute Gasteiger partial charge is 0.496 e. The fourth-order valence-corrected chi connectivity index (χ4v) is 2.91. The molecule has 0 saturated carbocycles. The summed E-state index contributed by atoms with van der Waals surface area (Å²) in [6.45, 7) is 4.22. The third-order valence-electron chi connectivity index (χ3n) is 2.83. The van der Waals surface area contributed by atoms with E-state index in [0.717, 1.165) is 33.1 Å². The number of hydrogen-bond donors (Lipinski definition) is 1. The molecule has 0 aliphatic carbocycles. The summed E-state index contributed by atoms with van der Waals surface area (Å²) < 4.78 is 5.36. The molecule has 4 heteroatoms. The fourth-order valence-electron chi connectivity index (χ4n) is 2.06. The lowest BCUT2D eigenvalue weighted by Gasteiger charge is -2.09. The Morgan fingerprint density at radius 3 is 2.50 bits per heavy atom. The van der Waals surface area contributed by atoms with Crippen LogP contribution < -0.4 is 4.74 Å². The summed E-state index contributed by atoms with van der Waals surface area (Å²) in [6, 6.07) is 4.18. The molecule has 0 fully saturated rings. The van der Waals surface area contributed by atoms with Crippen molar-refractivity contribution in [1.82, 2.24) is 4.98 Å². The average Bonchev–Trinajstić information content (AvgIpc) is 2.78. The number of rotatable bonds is 4. The summed E-state index contributed by atoms with van der Waals surface area (Å²) in [5.74, 6) is 0.936. The number of aliphatic hydroxyl groups excluding tert-OH is 1. The van der Waals surface area contributed by atoms with Crippen molar-refractivity contribution in [3.8, 4) is 16.3 Å². The second-order valence-corrected chi connectivity index (χ2v) is 5.12. The number of aromatic nitrogens is 1. The Bertz CT molecular complexity index is 525. The number of methoxy groups -OCH3 is 1. The molecule has 0 bridgehead atoms. The van der Waals surface area contributed by atoms with Gasteiger partial charge in [-0.1, -0.05) is 0 Å². The molecule has 0 spiro atoms. The van der Waals surface area contributed by atoms with Crippen LogP contribution in [-0.2, 0) is 6.42 Å². The summed E-state index contributed by atoms with van der Waals surface area (Å²) in [4.78, 5) is 4.53. The summed E-state index contributed by atoms with van der Waals surface area (Å²) in [5, 5.41) is 11.9. The van der Waals surface area contributed by atoms with Gasteiger partial charge in [0.25, 0.3) is 0 Å². The molecule has 1 heterocycles. The third-order valence-corrected chi connectivity index (χ3v) is 3.77. The van der Waals surface area contributed by atoms with E-state index in [4.69, 9.17) is 9.84 Å². The van der Waals surface area contributed by atoms with E-state index in [1.807, 2.05) is 19.2 Å². The van der Waals surface area contributed by atoms with Gasteiger partial charge in [0, 0.05) is 24.0 Å². The van der Waals surface area contributed by atoms with E-state index in [2.05, 4.69) is 17.1 Å². The van der Waals surface area contributed by atoms with Crippen molar-refractivity contribution in [2.75, 3.05) is 13.7 Å². The summed E-state index contributed by atoms with van der Waals surface area (Å²) in [5.41, 5.74) is 4.29. The predicted octanol–water partition coefficient (Wildman–Crippen LogP) is 2.97. The van der Waals surface area contributed by atoms with E-state index in [-0.39, 0.29) is 6.61 Å². The van der Waals surface area contributed by atoms with Crippen LogP contribution in [0.25, 0.3) is 10.6 Å². The maximum absolute atomic E-state index is 8.90. The Kier molecular flexibility index (Phi) is 3.99. The highest BCUT2D eigenvalue weighted by Gasteiger charge is 2.09. The lowest BCUT2D eigenvalue weighted by molar-refractivity contribution is 0.298. The summed E-state index contributed by atoms with van der Waals surface area (Å²) >= 11 is 1.61. The number of aliphatic hydroxyl groups is 1. The molecule has 0 aliphatic heterocycles. The topological polar surface area (TPSA) is 42.4 Å². The highest BCUT2D eigenvalue weighted by molar-refractivity contribution is 7.13. The smallest absolute Gasteiger partial charge is 0.124 e. The van der Waals surface area contributed by atoms with E-state index < -0.39 is 0 Å². The van der Waals surface area contributed by atoms with E-state index in [0.29, 0.717) is 6.42 Å². The maximum Gasteiger partial charge on any atom is 0.124 e. The first-order valence-corrected chi connectivity index (χ1v) is 6.74. The standard InChI is InChI=1S/C14H17NO2S/c1-9-6-11(7-10(2)13(9)17-3)14-15-12(4-5-16)8-18-14/h6-8,16H,4-5H2,1-3H3. The first-order valence-electron chi connectivity index (χ1n) is 5.86. The molecular weight excluding hydrogens is 246 g/mol. The molecule has 1 N–H and O–H groups in total. The minimum absolute atomic E-state index is 0.143. The minimum atomic E-state index is 0.143. The second-order valence-electron chi connectivity index (χ2n) is 4.26. The first-order chi connectivity index (χ1) is 8.65. The molecular formula is C14H17NO2S. The van der Waals surface area contributed by atoms with Crippen LogP contribution in [0.15, 0.2) is 17.5 Å². The number of ether oxygens (including phenoxy) is 1. The van der Waals surface area contributed by atoms with Crippen molar-refractivity contribution in [3.05, 3.63) is 34.3 Å². The molecule has 2 aromatic rings. The SMILES string of the molecule is COc1c(C)cc(-c2nc(CCO)cs2)cc1C. The van der Waals surface area contributed by atoms with Crippen LogP contribution in [0.5, 0.6) is 5.75 Å². The van der Waals surface area contributed by atoms with Crippen molar-refractivity contribution < 1.29 is 9.84 Å². The molecule has 0 unspecified atom stereocenters. The van der Waals surface area contributed by atoms with Gasteiger partial charge in [-0.05, 0) is 37.1 Å². The maximum atomic E-state index is 8.90. The predicted molar refractivity (Wildman–Crippen MR) is 74.4 cm³/mol. The number of hydrogen-bond acceptors (Lipinski definition) is 4. The van der Waals surface area contributed by atoms with Gasteiger partial charge < -0.3 is 9.84 Å². The van der Waals surface area contributed by atoms with E-state index in [1.165, 1.54) is 0 Å². The molecule has 18 heavy (non-hydrogen) atoms. The van der Waals surface area contributed by atoms with Crippen molar-refractivity contribution in [2.45, 2.75) is 20.3 Å². The van der Waals surface area contributed by atoms with Crippen LogP contribution in [-0.4, -0.2) is 23.8 Å². The van der Waals surface area contributed by atoms with Crippen LogP contribution in [0, 0.1) is 13.8 Å². The normalized spacial score (nSPS) is 10.7. The van der Waals surface area contributed by atoms with Gasteiger partial charge in [-0.2, -0.15) is 0 Å². The molecule has 1 aromatic carbocycles. The van der Waals surface area contributed by atoms with Gasteiger partial charge in [0.05, 0.1) is 12.8 Å². The molecule has 0 amide bonds. The third kappa shape index (κ3) is 2.54. The van der Waals surface area contributed by atoms with Crippen LogP contribution in [0.2, 0.25) is 0 Å². The van der Waals surface area contributed by atoms with Crippen molar-refractivity contribution in [1.29, 1.82) is 0 Å². The van der Waals surface area contributed by atoms with Crippen molar-refractivity contribution in [2.24, 2.45) is 0 Å². The van der Waals surface area contributed by atoms with Gasteiger partial charge in [0.1, 0.15) is 10.8 Å².